The van der Waals surface area contributed by atoms with Crippen molar-refractivity contribution in [1.82, 2.24) is 39.7 Å². The minimum Gasteiger partial charge on any atom is -0.484 e. The molecule has 77 heavy (non-hydrogen) atoms. The molecule has 9 aromatic rings. The summed E-state index contributed by atoms with van der Waals surface area (Å²) in [6, 6.07) is 37.7. The summed E-state index contributed by atoms with van der Waals surface area (Å²) < 4.78 is 32.8. The maximum atomic E-state index is 13.8. The summed E-state index contributed by atoms with van der Waals surface area (Å²) in [5.41, 5.74) is 18.5. The fourth-order valence-corrected chi connectivity index (χ4v) is 11.4. The van der Waals surface area contributed by atoms with Gasteiger partial charge in [-0.05, 0) is 96.3 Å². The molecule has 0 aliphatic carbocycles. The quantitative estimate of drug-likeness (QED) is 0.105. The molecule has 0 bridgehead atoms. The molecule has 3 amide bonds. The van der Waals surface area contributed by atoms with Crippen LogP contribution in [0.5, 0.6) is 5.75 Å². The number of nitrogens with zero attached hydrogens (tertiary/aromatic N) is 10. The summed E-state index contributed by atoms with van der Waals surface area (Å²) in [5, 5.41) is 5.30. The number of anilines is 5. The number of ether oxygens (including phenoxy) is 1. The van der Waals surface area contributed by atoms with Crippen molar-refractivity contribution in [2.24, 2.45) is 0 Å². The van der Waals surface area contributed by atoms with Gasteiger partial charge < -0.3 is 41.1 Å². The number of aryl methyl sites for hydroxylation is 1. The number of carbonyl (C=O) groups is 2. The number of halogens is 3. The van der Waals surface area contributed by atoms with Crippen LogP contribution in [0.2, 0.25) is 5.02 Å². The van der Waals surface area contributed by atoms with Gasteiger partial charge in [0.25, 0.3) is 5.91 Å². The molecule has 5 N–H and O–H groups in total. The number of nitrogen functional groups attached to an aromatic ring is 2. The van der Waals surface area contributed by atoms with Crippen LogP contribution in [0, 0.1) is 18.6 Å². The molecule has 2 atom stereocenters. The second-order valence-corrected chi connectivity index (χ2v) is 21.1. The van der Waals surface area contributed by atoms with E-state index in [9.17, 15) is 18.4 Å². The van der Waals surface area contributed by atoms with Crippen molar-refractivity contribution >= 4 is 96.1 Å². The Balaban J connectivity index is 0.000000178. The van der Waals surface area contributed by atoms with Crippen LogP contribution < -0.4 is 31.3 Å². The van der Waals surface area contributed by atoms with Crippen LogP contribution in [0.4, 0.5) is 42.8 Å². The second-order valence-electron chi connectivity index (χ2n) is 18.7. The molecule has 0 radical (unpaired) electrons. The predicted octanol–water partition coefficient (Wildman–Crippen LogP) is 10.2. The highest BCUT2D eigenvalue weighted by molar-refractivity contribution is 7.18. The number of carbonyl (C=O) groups excluding carboxylic acids is 2. The minimum absolute atomic E-state index is 0.0222. The number of piperazine rings is 2. The number of rotatable bonds is 12. The molecular formula is C56H54ClF2N13O3S2. The van der Waals surface area contributed by atoms with Crippen LogP contribution in [0.25, 0.3) is 20.7 Å². The van der Waals surface area contributed by atoms with Crippen LogP contribution in [0.1, 0.15) is 51.0 Å². The zero-order valence-corrected chi connectivity index (χ0v) is 44.5. The van der Waals surface area contributed by atoms with E-state index in [1.165, 1.54) is 46.9 Å². The lowest BCUT2D eigenvalue weighted by atomic mass is 9.92. The normalized spacial score (nSPS) is 14.5. The molecule has 0 saturated carbocycles. The smallest absolute Gasteiger partial charge is 0.321 e. The SMILES string of the molecule is Cc1cccc(NC(=O)N2CCN(c3nc(N)nc4sc(C(C)c5ccc(F)cc5)nc34)CC2)c1.Nc1nc(N2CCN(C(=O)COc3ccc(Cl)cc3)CC2)c2nc(C(Cc3ccccc3)c3ccc(F)cc3)sc2n1. The van der Waals surface area contributed by atoms with Gasteiger partial charge in [0.15, 0.2) is 27.9 Å². The first kappa shape index (κ1) is 52.4. The maximum absolute atomic E-state index is 13.8. The Morgan fingerprint density at radius 3 is 1.78 bits per heavy atom. The first-order chi connectivity index (χ1) is 37.3. The Bertz CT molecular complexity index is 3500. The number of thiazole rings is 2. The molecule has 2 unspecified atom stereocenters. The van der Waals surface area contributed by atoms with E-state index < -0.39 is 0 Å². The van der Waals surface area contributed by atoms with Gasteiger partial charge in [-0.2, -0.15) is 9.97 Å². The first-order valence-electron chi connectivity index (χ1n) is 25.0. The molecule has 2 aliphatic heterocycles. The third-order valence-electron chi connectivity index (χ3n) is 13.4. The van der Waals surface area contributed by atoms with Gasteiger partial charge in [-0.1, -0.05) is 108 Å². The number of fused-ring (bicyclic) bond motifs is 2. The third kappa shape index (κ3) is 12.6. The lowest BCUT2D eigenvalue weighted by Crippen LogP contribution is -2.50. The van der Waals surface area contributed by atoms with Crippen LogP contribution in [0.3, 0.4) is 0 Å². The van der Waals surface area contributed by atoms with Crippen molar-refractivity contribution in [2.45, 2.75) is 32.1 Å². The fourth-order valence-electron chi connectivity index (χ4n) is 9.22. The largest absolute Gasteiger partial charge is 0.484 e. The molecule has 394 valence electrons. The summed E-state index contributed by atoms with van der Waals surface area (Å²) in [4.78, 5) is 62.6. The van der Waals surface area contributed by atoms with Gasteiger partial charge in [-0.3, -0.25) is 4.79 Å². The monoisotopic (exact) mass is 1090 g/mol. The van der Waals surface area contributed by atoms with Crippen molar-refractivity contribution in [1.29, 1.82) is 0 Å². The van der Waals surface area contributed by atoms with Crippen molar-refractivity contribution in [3.05, 3.63) is 176 Å². The van der Waals surface area contributed by atoms with Crippen molar-refractivity contribution in [2.75, 3.05) is 85.5 Å². The fraction of sp³-hybridized carbons (Fsp3) is 0.250. The van der Waals surface area contributed by atoms with Gasteiger partial charge in [-0.15, -0.1) is 0 Å². The van der Waals surface area contributed by atoms with E-state index in [1.807, 2.05) is 68.4 Å². The molecule has 6 heterocycles. The minimum atomic E-state index is -0.281. The second kappa shape index (κ2) is 23.4. The summed E-state index contributed by atoms with van der Waals surface area (Å²) in [6.45, 7) is 8.44. The predicted molar refractivity (Wildman–Crippen MR) is 301 cm³/mol. The number of hydrogen-bond acceptors (Lipinski definition) is 15. The van der Waals surface area contributed by atoms with E-state index >= 15 is 0 Å². The number of aromatic nitrogens is 6. The molecule has 0 spiro atoms. The number of urea groups is 1. The van der Waals surface area contributed by atoms with Crippen LogP contribution in [0.15, 0.2) is 127 Å². The van der Waals surface area contributed by atoms with Crippen LogP contribution in [-0.2, 0) is 11.2 Å². The molecule has 16 nitrogen and oxygen atoms in total. The van der Waals surface area contributed by atoms with Gasteiger partial charge >= 0.3 is 6.03 Å². The lowest BCUT2D eigenvalue weighted by molar-refractivity contribution is -0.133. The van der Waals surface area contributed by atoms with Crippen molar-refractivity contribution in [3.63, 3.8) is 0 Å². The van der Waals surface area contributed by atoms with E-state index in [-0.39, 0.29) is 53.9 Å². The number of benzene rings is 5. The Labute approximate surface area is 456 Å². The van der Waals surface area contributed by atoms with E-state index in [0.717, 1.165) is 42.8 Å². The van der Waals surface area contributed by atoms with Crippen molar-refractivity contribution < 1.29 is 23.1 Å². The molecule has 11 rings (SSSR count). The highest BCUT2D eigenvalue weighted by Gasteiger charge is 2.29. The van der Waals surface area contributed by atoms with Crippen LogP contribution in [-0.4, -0.2) is 111 Å². The molecule has 5 aromatic carbocycles. The highest BCUT2D eigenvalue weighted by Crippen LogP contribution is 2.38. The topological polar surface area (TPSA) is 198 Å². The van der Waals surface area contributed by atoms with Gasteiger partial charge in [0, 0.05) is 74.9 Å². The lowest BCUT2D eigenvalue weighted by Gasteiger charge is -2.35. The maximum Gasteiger partial charge on any atom is 0.321 e. The van der Waals surface area contributed by atoms with Crippen LogP contribution >= 0.6 is 34.3 Å². The zero-order valence-electron chi connectivity index (χ0n) is 42.2. The Morgan fingerprint density at radius 2 is 1.19 bits per heavy atom. The van der Waals surface area contributed by atoms with Gasteiger partial charge in [0.1, 0.15) is 38.4 Å². The highest BCUT2D eigenvalue weighted by atomic mass is 35.5. The summed E-state index contributed by atoms with van der Waals surface area (Å²) in [5.74, 6) is 1.53. The Kier molecular flexibility index (Phi) is 15.9. The van der Waals surface area contributed by atoms with E-state index in [1.54, 1.807) is 46.2 Å². The Morgan fingerprint density at radius 1 is 0.649 bits per heavy atom. The molecule has 2 aliphatic rings. The molecule has 2 fully saturated rings. The molecule has 21 heteroatoms. The number of nitrogens with one attached hydrogen (secondary N) is 1. The van der Waals surface area contributed by atoms with E-state index in [4.69, 9.17) is 37.8 Å². The summed E-state index contributed by atoms with van der Waals surface area (Å²) >= 11 is 8.86. The van der Waals surface area contributed by atoms with Gasteiger partial charge in [0.2, 0.25) is 11.9 Å². The van der Waals surface area contributed by atoms with Gasteiger partial charge in [0.05, 0.1) is 0 Å². The number of nitrogens with two attached hydrogens (primary N) is 2. The standard InChI is InChI=1S/C31H28ClFN6O2S.C25H26FN7OS/c32-22-8-12-24(13-9-22)41-19-26(40)38-14-16-39(17-15-38)28-27-30(37-31(34)36-28)42-29(35-27)25(18-20-4-2-1-3-5-20)21-6-10-23(33)11-7-21;1-15-4-3-5-19(14-15)28-25(34)33-12-10-32(11-13-33)21-20-23(31-24(27)30-21)35-22(29-20)16(2)17-6-8-18(26)9-7-17/h1-13,25H,14-19H2,(H2,34,36,37);3-9,14,16H,10-13H2,1-2H3,(H,28,34)(H2,27,30,31). The molecule has 2 saturated heterocycles. The first-order valence-corrected chi connectivity index (χ1v) is 27.0. The zero-order chi connectivity index (χ0) is 53.6. The summed E-state index contributed by atoms with van der Waals surface area (Å²) in [7, 11) is 0. The van der Waals surface area contributed by atoms with E-state index in [2.05, 4.69) is 47.2 Å². The summed E-state index contributed by atoms with van der Waals surface area (Å²) in [6.07, 6.45) is 0.698. The molecule has 4 aromatic heterocycles. The van der Waals surface area contributed by atoms with E-state index in [0.29, 0.717) is 97.1 Å². The average Bonchev–Trinajstić information content (AvgIpc) is 4.09. The molecular weight excluding hydrogens is 1040 g/mol. The third-order valence-corrected chi connectivity index (χ3v) is 15.8. The number of hydrogen-bond donors (Lipinski definition) is 3. The number of amides is 3. The Hall–Kier alpha value is -8.07. The van der Waals surface area contributed by atoms with Gasteiger partial charge in [-0.25, -0.2) is 33.5 Å². The average molecular weight is 1090 g/mol. The van der Waals surface area contributed by atoms with Crippen molar-refractivity contribution in [3.8, 4) is 5.75 Å².